The number of halogens is 2. The van der Waals surface area contributed by atoms with E-state index in [1.165, 1.54) is 23.7 Å². The third-order valence-corrected chi connectivity index (χ3v) is 4.42. The lowest BCUT2D eigenvalue weighted by molar-refractivity contribution is -0.118. The van der Waals surface area contributed by atoms with Crippen LogP contribution in [-0.2, 0) is 4.79 Å². The second kappa shape index (κ2) is 6.66. The van der Waals surface area contributed by atoms with Gasteiger partial charge in [-0.1, -0.05) is 23.2 Å². The highest BCUT2D eigenvalue weighted by Crippen LogP contribution is 2.26. The Labute approximate surface area is 145 Å². The van der Waals surface area contributed by atoms with Gasteiger partial charge in [0.2, 0.25) is 5.88 Å². The van der Waals surface area contributed by atoms with Crippen LogP contribution >= 0.6 is 34.5 Å². The molecule has 0 atom stereocenters. The Morgan fingerprint density at radius 3 is 3.00 bits per heavy atom. The van der Waals surface area contributed by atoms with E-state index in [9.17, 15) is 4.79 Å². The number of hydrogen-bond acceptors (Lipinski definition) is 6. The number of amides is 1. The maximum Gasteiger partial charge on any atom is 0.263 e. The summed E-state index contributed by atoms with van der Waals surface area (Å²) in [4.78, 5) is 25.1. The van der Waals surface area contributed by atoms with Gasteiger partial charge >= 0.3 is 0 Å². The Bertz CT molecular complexity index is 884. The molecule has 0 unspecified atom stereocenters. The Morgan fingerprint density at radius 2 is 2.17 bits per heavy atom. The first-order valence-electron chi connectivity index (χ1n) is 6.48. The molecule has 1 N–H and O–H groups in total. The number of ether oxygens (including phenoxy) is 1. The van der Waals surface area contributed by atoms with Crippen molar-refractivity contribution in [1.29, 1.82) is 0 Å². The molecule has 6 nitrogen and oxygen atoms in total. The largest absolute Gasteiger partial charge is 0.467 e. The summed E-state index contributed by atoms with van der Waals surface area (Å²) in [6.07, 6.45) is 1.40. The minimum atomic E-state index is -0.400. The van der Waals surface area contributed by atoms with Gasteiger partial charge in [0.25, 0.3) is 5.91 Å². The topological polar surface area (TPSA) is 77.0 Å². The summed E-state index contributed by atoms with van der Waals surface area (Å²) in [5, 5.41) is 5.93. The average molecular weight is 369 g/mol. The molecule has 118 valence electrons. The van der Waals surface area contributed by atoms with E-state index in [4.69, 9.17) is 27.9 Å². The van der Waals surface area contributed by atoms with Crippen molar-refractivity contribution >= 4 is 56.5 Å². The van der Waals surface area contributed by atoms with E-state index < -0.39 is 5.91 Å². The van der Waals surface area contributed by atoms with Crippen molar-refractivity contribution in [2.75, 3.05) is 11.9 Å². The van der Waals surface area contributed by atoms with Crippen molar-refractivity contribution in [2.24, 2.45) is 0 Å². The quantitative estimate of drug-likeness (QED) is 0.759. The van der Waals surface area contributed by atoms with Crippen molar-refractivity contribution in [2.45, 2.75) is 6.92 Å². The van der Waals surface area contributed by atoms with Crippen LogP contribution < -0.4 is 10.1 Å². The number of fused-ring (bicyclic) bond motifs is 1. The van der Waals surface area contributed by atoms with E-state index in [-0.39, 0.29) is 17.4 Å². The molecule has 0 saturated heterocycles. The highest BCUT2D eigenvalue weighted by molar-refractivity contribution is 7.16. The highest BCUT2D eigenvalue weighted by Gasteiger charge is 2.12. The van der Waals surface area contributed by atoms with E-state index in [1.807, 2.05) is 11.4 Å². The molecule has 0 saturated carbocycles. The van der Waals surface area contributed by atoms with Crippen molar-refractivity contribution in [3.63, 3.8) is 0 Å². The number of nitrogens with zero attached hydrogens (tertiary/aromatic N) is 3. The molecule has 9 heteroatoms. The number of rotatable bonds is 4. The third-order valence-electron chi connectivity index (χ3n) is 2.93. The summed E-state index contributed by atoms with van der Waals surface area (Å²) in [7, 11) is 0. The molecule has 0 aliphatic heterocycles. The Morgan fingerprint density at radius 1 is 1.35 bits per heavy atom. The van der Waals surface area contributed by atoms with Crippen LogP contribution in [-0.4, -0.2) is 27.5 Å². The van der Waals surface area contributed by atoms with E-state index in [0.29, 0.717) is 16.6 Å². The zero-order chi connectivity index (χ0) is 16.4. The number of anilines is 1. The number of pyridine rings is 1. The fourth-order valence-corrected chi connectivity index (χ4v) is 2.96. The van der Waals surface area contributed by atoms with E-state index in [2.05, 4.69) is 20.3 Å². The second-order valence-electron chi connectivity index (χ2n) is 4.54. The Hall–Kier alpha value is -1.96. The molecule has 23 heavy (non-hydrogen) atoms. The molecule has 0 aliphatic carbocycles. The zero-order valence-electron chi connectivity index (χ0n) is 11.8. The lowest BCUT2D eigenvalue weighted by Crippen LogP contribution is -2.21. The summed E-state index contributed by atoms with van der Waals surface area (Å²) in [5.74, 6) is 0.200. The van der Waals surface area contributed by atoms with Crippen molar-refractivity contribution in [3.8, 4) is 5.88 Å². The lowest BCUT2D eigenvalue weighted by Gasteiger charge is -2.09. The summed E-state index contributed by atoms with van der Waals surface area (Å²) in [6, 6.07) is 3.37. The minimum Gasteiger partial charge on any atom is -0.467 e. The lowest BCUT2D eigenvalue weighted by atomic mass is 10.3. The monoisotopic (exact) mass is 368 g/mol. The smallest absolute Gasteiger partial charge is 0.263 e. The van der Waals surface area contributed by atoms with Crippen molar-refractivity contribution in [3.05, 3.63) is 39.6 Å². The fraction of sp³-hybridized carbons (Fsp3) is 0.143. The third kappa shape index (κ3) is 3.52. The van der Waals surface area contributed by atoms with Gasteiger partial charge in [-0.05, 0) is 24.4 Å². The first-order chi connectivity index (χ1) is 11.0. The molecular formula is C14H10Cl2N4O2S. The first-order valence-corrected chi connectivity index (χ1v) is 8.11. The number of hydrogen-bond donors (Lipinski definition) is 1. The van der Waals surface area contributed by atoms with Crippen LogP contribution in [0, 0.1) is 6.92 Å². The van der Waals surface area contributed by atoms with Crippen LogP contribution in [0.25, 0.3) is 10.2 Å². The van der Waals surface area contributed by atoms with Gasteiger partial charge in [0, 0.05) is 0 Å². The normalized spacial score (nSPS) is 10.7. The molecular weight excluding hydrogens is 359 g/mol. The van der Waals surface area contributed by atoms with Crippen molar-refractivity contribution in [1.82, 2.24) is 15.0 Å². The SMILES string of the molecule is Cc1nc(NC(=O)COc2ncnc3sccc23)c(Cl)cc1Cl. The van der Waals surface area contributed by atoms with E-state index in [0.717, 1.165) is 10.2 Å². The molecule has 3 rings (SSSR count). The van der Waals surface area contributed by atoms with Crippen molar-refractivity contribution < 1.29 is 9.53 Å². The number of nitrogens with one attached hydrogen (secondary N) is 1. The molecule has 3 aromatic heterocycles. The van der Waals surface area contributed by atoms with E-state index in [1.54, 1.807) is 6.92 Å². The Kier molecular flexibility index (Phi) is 4.61. The molecule has 0 aliphatic rings. The van der Waals surface area contributed by atoms with Gasteiger partial charge < -0.3 is 10.1 Å². The summed E-state index contributed by atoms with van der Waals surface area (Å²) in [5.41, 5.74) is 0.572. The maximum atomic E-state index is 12.0. The zero-order valence-corrected chi connectivity index (χ0v) is 14.2. The molecule has 3 aromatic rings. The molecule has 0 spiro atoms. The van der Waals surface area contributed by atoms with Gasteiger partial charge in [0.15, 0.2) is 12.4 Å². The number of aryl methyl sites for hydroxylation is 1. The fourth-order valence-electron chi connectivity index (χ4n) is 1.83. The highest BCUT2D eigenvalue weighted by atomic mass is 35.5. The van der Waals surface area contributed by atoms with Gasteiger partial charge in [0.05, 0.1) is 21.1 Å². The van der Waals surface area contributed by atoms with Gasteiger partial charge in [-0.25, -0.2) is 15.0 Å². The number of carbonyl (C=O) groups is 1. The van der Waals surface area contributed by atoms with Crippen LogP contribution in [0.4, 0.5) is 5.82 Å². The number of thiophene rings is 1. The summed E-state index contributed by atoms with van der Waals surface area (Å²) < 4.78 is 5.45. The summed E-state index contributed by atoms with van der Waals surface area (Å²) >= 11 is 13.4. The van der Waals surface area contributed by atoms with Crippen LogP contribution in [0.15, 0.2) is 23.8 Å². The van der Waals surface area contributed by atoms with Gasteiger partial charge in [0.1, 0.15) is 11.2 Å². The summed E-state index contributed by atoms with van der Waals surface area (Å²) in [6.45, 7) is 1.50. The second-order valence-corrected chi connectivity index (χ2v) is 6.25. The van der Waals surface area contributed by atoms with Crippen LogP contribution in [0.1, 0.15) is 5.69 Å². The predicted molar refractivity (Wildman–Crippen MR) is 90.5 cm³/mol. The van der Waals surface area contributed by atoms with Crippen LogP contribution in [0.2, 0.25) is 10.0 Å². The molecule has 0 radical (unpaired) electrons. The minimum absolute atomic E-state index is 0.221. The number of carbonyl (C=O) groups excluding carboxylic acids is 1. The van der Waals surface area contributed by atoms with Gasteiger partial charge in [-0.3, -0.25) is 4.79 Å². The average Bonchev–Trinajstić information content (AvgIpc) is 2.99. The Balaban J connectivity index is 1.68. The maximum absolute atomic E-state index is 12.0. The van der Waals surface area contributed by atoms with E-state index >= 15 is 0 Å². The molecule has 0 aromatic carbocycles. The standard InChI is InChI=1S/C14H10Cl2N4O2S/c1-7-9(15)4-10(16)12(19-7)20-11(21)5-22-13-8-2-3-23-14(8)18-6-17-13/h2-4,6H,5H2,1H3,(H,19,20,21). The molecule has 1 amide bonds. The number of aromatic nitrogens is 3. The van der Waals surface area contributed by atoms with Crippen LogP contribution in [0.3, 0.4) is 0 Å². The first kappa shape index (κ1) is 15.9. The predicted octanol–water partition coefficient (Wildman–Crippen LogP) is 3.72. The van der Waals surface area contributed by atoms with Gasteiger partial charge in [-0.15, -0.1) is 11.3 Å². The van der Waals surface area contributed by atoms with Crippen LogP contribution in [0.5, 0.6) is 5.88 Å². The molecule has 0 bridgehead atoms. The van der Waals surface area contributed by atoms with Gasteiger partial charge in [-0.2, -0.15) is 0 Å². The molecule has 3 heterocycles. The molecule has 0 fully saturated rings.